The molecule has 2 rings (SSSR count). The van der Waals surface area contributed by atoms with Gasteiger partial charge in [-0.15, -0.1) is 0 Å². The van der Waals surface area contributed by atoms with Gasteiger partial charge in [0.1, 0.15) is 6.29 Å². The molecule has 0 bridgehead atoms. The molecule has 2 nitrogen and oxygen atoms in total. The van der Waals surface area contributed by atoms with Crippen LogP contribution in [0.1, 0.15) is 39.0 Å². The maximum absolute atomic E-state index is 11.2. The highest BCUT2D eigenvalue weighted by Gasteiger charge is 2.34. The zero-order chi connectivity index (χ0) is 11.5. The van der Waals surface area contributed by atoms with Crippen LogP contribution in [0.5, 0.6) is 0 Å². The largest absolute Gasteiger partial charge is 0.381 e. The van der Waals surface area contributed by atoms with Gasteiger partial charge in [0.25, 0.3) is 0 Å². The van der Waals surface area contributed by atoms with E-state index in [2.05, 4.69) is 13.0 Å². The average Bonchev–Trinajstić information content (AvgIpc) is 2.36. The molecule has 0 saturated heterocycles. The van der Waals surface area contributed by atoms with Gasteiger partial charge >= 0.3 is 0 Å². The highest BCUT2D eigenvalue weighted by molar-refractivity contribution is 5.58. The van der Waals surface area contributed by atoms with Crippen LogP contribution in [0, 0.1) is 17.8 Å². The number of fused-ring (bicyclic) bond motifs is 1. The molecule has 2 heteroatoms. The van der Waals surface area contributed by atoms with Crippen LogP contribution in [0.15, 0.2) is 11.6 Å². The first kappa shape index (κ1) is 11.8. The molecule has 0 heterocycles. The van der Waals surface area contributed by atoms with Crippen LogP contribution in [0.2, 0.25) is 0 Å². The third-order valence-electron chi connectivity index (χ3n) is 4.38. The molecule has 0 spiro atoms. The molecule has 1 saturated carbocycles. The van der Waals surface area contributed by atoms with Crippen LogP contribution in [-0.2, 0) is 9.53 Å². The predicted molar refractivity (Wildman–Crippen MR) is 64.2 cm³/mol. The average molecular weight is 222 g/mol. The van der Waals surface area contributed by atoms with Crippen molar-refractivity contribution in [3.8, 4) is 0 Å². The number of carbonyl (C=O) groups excluding carboxylic acids is 1. The minimum absolute atomic E-state index is 0.0827. The molecule has 90 valence electrons. The number of hydrogen-bond acceptors (Lipinski definition) is 2. The fourth-order valence-electron chi connectivity index (χ4n) is 3.27. The monoisotopic (exact) mass is 222 g/mol. The van der Waals surface area contributed by atoms with Gasteiger partial charge in [0.15, 0.2) is 0 Å². The Morgan fingerprint density at radius 1 is 1.50 bits per heavy atom. The van der Waals surface area contributed by atoms with Crippen LogP contribution < -0.4 is 0 Å². The maximum Gasteiger partial charge on any atom is 0.127 e. The minimum Gasteiger partial charge on any atom is -0.381 e. The fraction of sp³-hybridized carbons (Fsp3) is 0.786. The molecule has 2 aliphatic rings. The van der Waals surface area contributed by atoms with Gasteiger partial charge in [0.05, 0.1) is 6.10 Å². The summed E-state index contributed by atoms with van der Waals surface area (Å²) in [5.41, 5.74) is 1.54. The van der Waals surface area contributed by atoms with E-state index in [0.717, 1.165) is 18.6 Å². The first-order valence-corrected chi connectivity index (χ1v) is 6.45. The molecule has 0 aromatic rings. The van der Waals surface area contributed by atoms with Crippen LogP contribution in [-0.4, -0.2) is 19.5 Å². The van der Waals surface area contributed by atoms with E-state index in [1.807, 2.05) is 0 Å². The number of allylic oxidation sites excluding steroid dienone is 2. The van der Waals surface area contributed by atoms with Gasteiger partial charge in [0.2, 0.25) is 0 Å². The summed E-state index contributed by atoms with van der Waals surface area (Å²) in [7, 11) is 1.74. The standard InChI is InChI=1S/C14H22O2/c1-10(16-2)14-8-12-6-4-3-5-11(12)7-13(14)9-15/h7,9-10,12-14H,3-6,8H2,1-2H3. The van der Waals surface area contributed by atoms with Crippen molar-refractivity contribution in [1.29, 1.82) is 0 Å². The molecular formula is C14H22O2. The van der Waals surface area contributed by atoms with Crippen molar-refractivity contribution < 1.29 is 9.53 Å². The normalized spacial score (nSPS) is 36.1. The number of methoxy groups -OCH3 is 1. The Bertz CT molecular complexity index is 282. The van der Waals surface area contributed by atoms with E-state index in [9.17, 15) is 4.79 Å². The van der Waals surface area contributed by atoms with Gasteiger partial charge in [-0.2, -0.15) is 0 Å². The Morgan fingerprint density at radius 3 is 3.00 bits per heavy atom. The summed E-state index contributed by atoms with van der Waals surface area (Å²) in [6.07, 6.45) is 9.85. The highest BCUT2D eigenvalue weighted by Crippen LogP contribution is 2.42. The quantitative estimate of drug-likeness (QED) is 0.542. The molecule has 4 unspecified atom stereocenters. The van der Waals surface area contributed by atoms with Crippen molar-refractivity contribution in [2.75, 3.05) is 7.11 Å². The fourth-order valence-corrected chi connectivity index (χ4v) is 3.27. The zero-order valence-electron chi connectivity index (χ0n) is 10.3. The summed E-state index contributed by atoms with van der Waals surface area (Å²) < 4.78 is 5.41. The molecule has 0 radical (unpaired) electrons. The Hall–Kier alpha value is -0.630. The lowest BCUT2D eigenvalue weighted by molar-refractivity contribution is -0.113. The summed E-state index contributed by atoms with van der Waals surface area (Å²) in [6.45, 7) is 2.09. The second-order valence-electron chi connectivity index (χ2n) is 5.24. The summed E-state index contributed by atoms with van der Waals surface area (Å²) in [5, 5.41) is 0. The first-order chi connectivity index (χ1) is 7.76. The lowest BCUT2D eigenvalue weighted by Gasteiger charge is -2.38. The number of carbonyl (C=O) groups is 1. The molecule has 16 heavy (non-hydrogen) atoms. The van der Waals surface area contributed by atoms with Gasteiger partial charge in [-0.05, 0) is 44.4 Å². The Morgan fingerprint density at radius 2 is 2.31 bits per heavy atom. The van der Waals surface area contributed by atoms with E-state index in [-0.39, 0.29) is 12.0 Å². The molecule has 0 aliphatic heterocycles. The lowest BCUT2D eigenvalue weighted by Crippen LogP contribution is -2.34. The molecule has 4 atom stereocenters. The van der Waals surface area contributed by atoms with Crippen molar-refractivity contribution in [1.82, 2.24) is 0 Å². The minimum atomic E-state index is 0.0827. The second kappa shape index (κ2) is 5.13. The van der Waals surface area contributed by atoms with Gasteiger partial charge < -0.3 is 9.53 Å². The molecule has 2 aliphatic carbocycles. The third-order valence-corrected chi connectivity index (χ3v) is 4.38. The Labute approximate surface area is 98.1 Å². The van der Waals surface area contributed by atoms with Crippen molar-refractivity contribution in [3.05, 3.63) is 11.6 Å². The summed E-state index contributed by atoms with van der Waals surface area (Å²) in [4.78, 5) is 11.2. The van der Waals surface area contributed by atoms with Gasteiger partial charge in [-0.3, -0.25) is 0 Å². The number of ether oxygens (including phenoxy) is 1. The molecule has 1 fully saturated rings. The summed E-state index contributed by atoms with van der Waals surface area (Å²) in [5.74, 6) is 1.20. The molecule has 0 aromatic heterocycles. The second-order valence-corrected chi connectivity index (χ2v) is 5.24. The van der Waals surface area contributed by atoms with E-state index in [1.165, 1.54) is 25.7 Å². The van der Waals surface area contributed by atoms with Crippen molar-refractivity contribution >= 4 is 6.29 Å². The molecule has 0 amide bonds. The van der Waals surface area contributed by atoms with Crippen LogP contribution in [0.25, 0.3) is 0 Å². The van der Waals surface area contributed by atoms with E-state index >= 15 is 0 Å². The molecule has 0 N–H and O–H groups in total. The lowest BCUT2D eigenvalue weighted by atomic mass is 9.69. The van der Waals surface area contributed by atoms with E-state index in [0.29, 0.717) is 5.92 Å². The van der Waals surface area contributed by atoms with E-state index < -0.39 is 0 Å². The van der Waals surface area contributed by atoms with Crippen LogP contribution in [0.4, 0.5) is 0 Å². The zero-order valence-corrected chi connectivity index (χ0v) is 10.3. The van der Waals surface area contributed by atoms with Gasteiger partial charge in [-0.1, -0.05) is 18.1 Å². The van der Waals surface area contributed by atoms with Crippen molar-refractivity contribution in [2.24, 2.45) is 17.8 Å². The number of rotatable bonds is 3. The van der Waals surface area contributed by atoms with Gasteiger partial charge in [-0.25, -0.2) is 0 Å². The number of aldehydes is 1. The predicted octanol–water partition coefficient (Wildman–Crippen LogP) is 2.97. The van der Waals surface area contributed by atoms with Crippen molar-refractivity contribution in [3.63, 3.8) is 0 Å². The third kappa shape index (κ3) is 2.22. The smallest absolute Gasteiger partial charge is 0.127 e. The molecular weight excluding hydrogens is 200 g/mol. The van der Waals surface area contributed by atoms with Crippen LogP contribution in [0.3, 0.4) is 0 Å². The van der Waals surface area contributed by atoms with E-state index in [1.54, 1.807) is 12.7 Å². The van der Waals surface area contributed by atoms with E-state index in [4.69, 9.17) is 4.74 Å². The first-order valence-electron chi connectivity index (χ1n) is 6.45. The summed E-state index contributed by atoms with van der Waals surface area (Å²) >= 11 is 0. The van der Waals surface area contributed by atoms with Gasteiger partial charge in [0, 0.05) is 13.0 Å². The van der Waals surface area contributed by atoms with Crippen LogP contribution >= 0.6 is 0 Å². The topological polar surface area (TPSA) is 26.3 Å². The Kier molecular flexibility index (Phi) is 3.80. The summed E-state index contributed by atoms with van der Waals surface area (Å²) in [6, 6.07) is 0. The Balaban J connectivity index is 2.16. The molecule has 0 aromatic carbocycles. The highest BCUT2D eigenvalue weighted by atomic mass is 16.5. The SMILES string of the molecule is COC(C)C1CC2CCCCC2=CC1C=O. The number of hydrogen-bond donors (Lipinski definition) is 0. The maximum atomic E-state index is 11.2. The van der Waals surface area contributed by atoms with Crippen molar-refractivity contribution in [2.45, 2.75) is 45.1 Å².